The molecule has 9 heteroatoms. The molecule has 0 saturated heterocycles. The highest BCUT2D eigenvalue weighted by molar-refractivity contribution is 5.95. The third-order valence-electron chi connectivity index (χ3n) is 4.63. The second-order valence-corrected chi connectivity index (χ2v) is 6.91. The monoisotopic (exact) mass is 417 g/mol. The number of nitrogens with zero attached hydrogens (tertiary/aromatic N) is 2. The van der Waals surface area contributed by atoms with Crippen molar-refractivity contribution in [2.75, 3.05) is 20.7 Å². The number of ether oxygens (including phenoxy) is 1. The van der Waals surface area contributed by atoms with Crippen LogP contribution in [0.25, 0.3) is 0 Å². The number of rotatable bonds is 8. The van der Waals surface area contributed by atoms with Crippen molar-refractivity contribution >= 4 is 17.5 Å². The number of para-hydroxylation sites is 1. The Morgan fingerprint density at radius 1 is 1.27 bits per heavy atom. The van der Waals surface area contributed by atoms with Crippen LogP contribution in [0.3, 0.4) is 0 Å². The lowest BCUT2D eigenvalue weighted by molar-refractivity contribution is -0.385. The predicted molar refractivity (Wildman–Crippen MR) is 109 cm³/mol. The molecule has 0 aliphatic heterocycles. The summed E-state index contributed by atoms with van der Waals surface area (Å²) < 4.78 is 19.7. The summed E-state index contributed by atoms with van der Waals surface area (Å²) in [4.78, 5) is 36.3. The minimum absolute atomic E-state index is 0.132. The molecule has 160 valence electrons. The summed E-state index contributed by atoms with van der Waals surface area (Å²) in [6, 6.07) is 8.46. The second-order valence-electron chi connectivity index (χ2n) is 6.91. The molecule has 2 aromatic rings. The van der Waals surface area contributed by atoms with Crippen LogP contribution >= 0.6 is 0 Å². The van der Waals surface area contributed by atoms with E-state index in [-0.39, 0.29) is 23.6 Å². The lowest BCUT2D eigenvalue weighted by Crippen LogP contribution is -2.30. The van der Waals surface area contributed by atoms with E-state index in [0.29, 0.717) is 17.7 Å². The molecule has 0 saturated carbocycles. The number of halogens is 1. The van der Waals surface area contributed by atoms with Crippen LogP contribution in [0, 0.1) is 22.9 Å². The van der Waals surface area contributed by atoms with E-state index in [1.807, 2.05) is 6.92 Å². The van der Waals surface area contributed by atoms with Crippen molar-refractivity contribution in [3.63, 3.8) is 0 Å². The minimum atomic E-state index is -0.826. The SMILES string of the molecule is CCC(NC(=O)c1cc(F)c(C)c([N+](=O)[O-])c1)c1ccccc1OCC(=O)N(C)C. The molecule has 2 rings (SSSR count). The number of carbonyl (C=O) groups excluding carboxylic acids is 2. The summed E-state index contributed by atoms with van der Waals surface area (Å²) >= 11 is 0. The van der Waals surface area contributed by atoms with Gasteiger partial charge in [-0.05, 0) is 25.5 Å². The van der Waals surface area contributed by atoms with E-state index in [1.165, 1.54) is 11.8 Å². The molecule has 0 heterocycles. The molecule has 1 N–H and O–H groups in total. The number of likely N-dealkylation sites (N-methyl/N-ethyl adjacent to an activating group) is 1. The molecular formula is C21H24FN3O5. The highest BCUT2D eigenvalue weighted by Crippen LogP contribution is 2.28. The molecule has 0 aromatic heterocycles. The highest BCUT2D eigenvalue weighted by Gasteiger charge is 2.23. The van der Waals surface area contributed by atoms with Gasteiger partial charge in [-0.15, -0.1) is 0 Å². The van der Waals surface area contributed by atoms with Gasteiger partial charge in [0.25, 0.3) is 17.5 Å². The van der Waals surface area contributed by atoms with E-state index in [0.717, 1.165) is 12.1 Å². The zero-order valence-electron chi connectivity index (χ0n) is 17.3. The topological polar surface area (TPSA) is 102 Å². The average Bonchev–Trinajstić information content (AvgIpc) is 2.71. The Kier molecular flexibility index (Phi) is 7.46. The first-order valence-electron chi connectivity index (χ1n) is 9.33. The van der Waals surface area contributed by atoms with Crippen molar-refractivity contribution in [2.45, 2.75) is 26.3 Å². The zero-order chi connectivity index (χ0) is 22.4. The van der Waals surface area contributed by atoms with Crippen molar-refractivity contribution in [2.24, 2.45) is 0 Å². The summed E-state index contributed by atoms with van der Waals surface area (Å²) in [5, 5.41) is 13.9. The summed E-state index contributed by atoms with van der Waals surface area (Å²) in [5.74, 6) is -1.26. The van der Waals surface area contributed by atoms with Crippen molar-refractivity contribution in [1.82, 2.24) is 10.2 Å². The molecule has 2 amide bonds. The third kappa shape index (κ3) is 5.31. The van der Waals surface area contributed by atoms with Gasteiger partial charge in [0.15, 0.2) is 6.61 Å². The minimum Gasteiger partial charge on any atom is -0.483 e. The Morgan fingerprint density at radius 3 is 2.53 bits per heavy atom. The first-order chi connectivity index (χ1) is 14.1. The molecule has 2 aromatic carbocycles. The average molecular weight is 417 g/mol. The summed E-state index contributed by atoms with van der Waals surface area (Å²) in [6.45, 7) is 2.96. The van der Waals surface area contributed by atoms with E-state index in [1.54, 1.807) is 38.4 Å². The Morgan fingerprint density at radius 2 is 1.93 bits per heavy atom. The third-order valence-corrected chi connectivity index (χ3v) is 4.63. The van der Waals surface area contributed by atoms with Gasteiger partial charge in [0.05, 0.1) is 16.5 Å². The molecule has 0 aliphatic rings. The Labute approximate surface area is 173 Å². The molecule has 0 fully saturated rings. The summed E-state index contributed by atoms with van der Waals surface area (Å²) in [6.07, 6.45) is 0.476. The maximum Gasteiger partial charge on any atom is 0.276 e. The van der Waals surface area contributed by atoms with Crippen LogP contribution in [-0.4, -0.2) is 42.3 Å². The molecule has 0 spiro atoms. The normalized spacial score (nSPS) is 11.5. The summed E-state index contributed by atoms with van der Waals surface area (Å²) in [7, 11) is 3.24. The molecular weight excluding hydrogens is 393 g/mol. The first-order valence-corrected chi connectivity index (χ1v) is 9.33. The molecule has 1 atom stereocenters. The standard InChI is InChI=1S/C21H24FN3O5/c1-5-17(15-8-6-7-9-19(15)30-12-20(26)24(3)4)23-21(27)14-10-16(22)13(2)18(11-14)25(28)29/h6-11,17H,5,12H2,1-4H3,(H,23,27). The Hall–Kier alpha value is -3.49. The van der Waals surface area contributed by atoms with Gasteiger partial charge in [-0.3, -0.25) is 19.7 Å². The van der Waals surface area contributed by atoms with Crippen molar-refractivity contribution in [3.05, 3.63) is 69.0 Å². The van der Waals surface area contributed by atoms with Gasteiger partial charge in [-0.25, -0.2) is 4.39 Å². The summed E-state index contributed by atoms with van der Waals surface area (Å²) in [5.41, 5.74) is -0.0987. The fourth-order valence-electron chi connectivity index (χ4n) is 2.79. The van der Waals surface area contributed by atoms with E-state index >= 15 is 0 Å². The van der Waals surface area contributed by atoms with E-state index in [2.05, 4.69) is 5.32 Å². The van der Waals surface area contributed by atoms with Crippen molar-refractivity contribution in [3.8, 4) is 5.75 Å². The maximum atomic E-state index is 14.1. The Balaban J connectivity index is 2.27. The number of hydrogen-bond donors (Lipinski definition) is 1. The lowest BCUT2D eigenvalue weighted by Gasteiger charge is -2.21. The lowest BCUT2D eigenvalue weighted by atomic mass is 10.0. The number of hydrogen-bond acceptors (Lipinski definition) is 5. The maximum absolute atomic E-state index is 14.1. The van der Waals surface area contributed by atoms with Gasteiger partial charge in [0.2, 0.25) is 0 Å². The number of benzene rings is 2. The van der Waals surface area contributed by atoms with Gasteiger partial charge < -0.3 is 15.0 Å². The van der Waals surface area contributed by atoms with Crippen LogP contribution in [0.15, 0.2) is 36.4 Å². The number of amides is 2. The number of carbonyl (C=O) groups is 2. The molecule has 0 radical (unpaired) electrons. The quantitative estimate of drug-likeness (QED) is 0.524. The van der Waals surface area contributed by atoms with Crippen molar-refractivity contribution < 1.29 is 23.6 Å². The van der Waals surface area contributed by atoms with E-state index in [4.69, 9.17) is 4.74 Å². The fraction of sp³-hybridized carbons (Fsp3) is 0.333. The van der Waals surface area contributed by atoms with Crippen LogP contribution in [0.4, 0.5) is 10.1 Å². The first kappa shape index (κ1) is 22.8. The molecule has 0 aliphatic carbocycles. The van der Waals surface area contributed by atoms with Gasteiger partial charge >= 0.3 is 0 Å². The molecule has 30 heavy (non-hydrogen) atoms. The van der Waals surface area contributed by atoms with Crippen LogP contribution in [-0.2, 0) is 4.79 Å². The Bertz CT molecular complexity index is 962. The highest BCUT2D eigenvalue weighted by atomic mass is 19.1. The van der Waals surface area contributed by atoms with Crippen LogP contribution in [0.5, 0.6) is 5.75 Å². The van der Waals surface area contributed by atoms with Gasteiger partial charge in [-0.1, -0.05) is 25.1 Å². The fourth-order valence-corrected chi connectivity index (χ4v) is 2.79. The van der Waals surface area contributed by atoms with Gasteiger partial charge in [0.1, 0.15) is 11.6 Å². The largest absolute Gasteiger partial charge is 0.483 e. The van der Waals surface area contributed by atoms with Crippen molar-refractivity contribution in [1.29, 1.82) is 0 Å². The predicted octanol–water partition coefficient (Wildman–Crippen LogP) is 3.39. The van der Waals surface area contributed by atoms with Crippen LogP contribution < -0.4 is 10.1 Å². The van der Waals surface area contributed by atoms with E-state index < -0.39 is 28.4 Å². The second kappa shape index (κ2) is 9.82. The number of nitro groups is 1. The molecule has 8 nitrogen and oxygen atoms in total. The number of nitro benzene ring substituents is 1. The van der Waals surface area contributed by atoms with E-state index in [9.17, 15) is 24.1 Å². The zero-order valence-corrected chi connectivity index (χ0v) is 17.3. The number of nitrogens with one attached hydrogen (secondary N) is 1. The van der Waals surface area contributed by atoms with Gasteiger partial charge in [0, 0.05) is 31.3 Å². The molecule has 0 bridgehead atoms. The molecule has 1 unspecified atom stereocenters. The smallest absolute Gasteiger partial charge is 0.276 e. The van der Waals surface area contributed by atoms with Gasteiger partial charge in [-0.2, -0.15) is 0 Å². The van der Waals surface area contributed by atoms with Crippen LogP contribution in [0.1, 0.15) is 40.9 Å². The van der Waals surface area contributed by atoms with Crippen LogP contribution in [0.2, 0.25) is 0 Å².